The highest BCUT2D eigenvalue weighted by Crippen LogP contribution is 2.46. The zero-order chi connectivity index (χ0) is 18.0. The highest BCUT2D eigenvalue weighted by molar-refractivity contribution is 8.01. The van der Waals surface area contributed by atoms with Crippen molar-refractivity contribution in [3.8, 4) is 6.07 Å². The molecule has 2 aromatic rings. The van der Waals surface area contributed by atoms with E-state index in [1.54, 1.807) is 30.5 Å². The maximum atomic E-state index is 12.6. The molecule has 3 heterocycles. The molecule has 2 aliphatic heterocycles. The van der Waals surface area contributed by atoms with Crippen LogP contribution in [0.25, 0.3) is 0 Å². The third-order valence-corrected chi connectivity index (χ3v) is 6.43. The van der Waals surface area contributed by atoms with Crippen LogP contribution in [0.4, 0.5) is 0 Å². The van der Waals surface area contributed by atoms with Crippen molar-refractivity contribution in [1.29, 1.82) is 5.26 Å². The molecular formula is C20H19N3O2S. The van der Waals surface area contributed by atoms with Crippen LogP contribution in [-0.4, -0.2) is 45.5 Å². The van der Waals surface area contributed by atoms with Gasteiger partial charge in [0.05, 0.1) is 34.8 Å². The summed E-state index contributed by atoms with van der Waals surface area (Å²) >= 11 is 1.91. The number of hydrogen-bond donors (Lipinski definition) is 0. The summed E-state index contributed by atoms with van der Waals surface area (Å²) in [5.41, 5.74) is 2.05. The Hall–Kier alpha value is -2.36. The summed E-state index contributed by atoms with van der Waals surface area (Å²) in [5.74, 6) is 0.963. The highest BCUT2D eigenvalue weighted by Gasteiger charge is 2.51. The number of pyridine rings is 1. The Labute approximate surface area is 157 Å². The van der Waals surface area contributed by atoms with Gasteiger partial charge in [-0.3, -0.25) is 9.78 Å². The predicted molar refractivity (Wildman–Crippen MR) is 99.7 cm³/mol. The second-order valence-corrected chi connectivity index (χ2v) is 8.29. The molecule has 132 valence electrons. The van der Waals surface area contributed by atoms with E-state index in [2.05, 4.69) is 11.1 Å². The predicted octanol–water partition coefficient (Wildman–Crippen LogP) is 2.87. The van der Waals surface area contributed by atoms with E-state index in [1.165, 1.54) is 0 Å². The molecule has 0 bridgehead atoms. The standard InChI is InChI=1S/C20H19N3O2S/c21-10-15-4-3-5-16(8-15)19(24)23-13-20(14-23)9-18(12-26-20)25-11-17-6-1-2-7-22-17/h1-8,18H,9,11-14H2/t18-/m0/s1. The quantitative estimate of drug-likeness (QED) is 0.833. The molecule has 2 fully saturated rings. The first-order valence-electron chi connectivity index (χ1n) is 8.62. The number of carbonyl (C=O) groups is 1. The van der Waals surface area contributed by atoms with Crippen molar-refractivity contribution in [3.05, 3.63) is 65.5 Å². The minimum absolute atomic E-state index is 0.00572. The largest absolute Gasteiger partial charge is 0.371 e. The van der Waals surface area contributed by atoms with Gasteiger partial charge in [0, 0.05) is 30.6 Å². The summed E-state index contributed by atoms with van der Waals surface area (Å²) < 4.78 is 6.13. The number of likely N-dealkylation sites (tertiary alicyclic amines) is 1. The minimum Gasteiger partial charge on any atom is -0.371 e. The van der Waals surface area contributed by atoms with Crippen LogP contribution in [0.1, 0.15) is 28.0 Å². The lowest BCUT2D eigenvalue weighted by atomic mass is 9.92. The molecule has 1 amide bonds. The van der Waals surface area contributed by atoms with Crippen LogP contribution in [0, 0.1) is 11.3 Å². The Morgan fingerprint density at radius 3 is 3.00 bits per heavy atom. The zero-order valence-corrected chi connectivity index (χ0v) is 15.1. The van der Waals surface area contributed by atoms with Crippen molar-refractivity contribution >= 4 is 17.7 Å². The molecule has 0 radical (unpaired) electrons. The summed E-state index contributed by atoms with van der Waals surface area (Å²) in [6.07, 6.45) is 2.95. The zero-order valence-electron chi connectivity index (χ0n) is 14.3. The Kier molecular flexibility index (Phi) is 4.66. The number of benzene rings is 1. The van der Waals surface area contributed by atoms with Crippen molar-refractivity contribution < 1.29 is 9.53 Å². The van der Waals surface area contributed by atoms with Crippen LogP contribution < -0.4 is 0 Å². The number of hydrogen-bond acceptors (Lipinski definition) is 5. The van der Waals surface area contributed by atoms with E-state index in [1.807, 2.05) is 34.9 Å². The monoisotopic (exact) mass is 365 g/mol. The summed E-state index contributed by atoms with van der Waals surface area (Å²) in [5, 5.41) is 8.99. The van der Waals surface area contributed by atoms with Gasteiger partial charge in [0.15, 0.2) is 0 Å². The first-order chi connectivity index (χ1) is 12.7. The third kappa shape index (κ3) is 3.46. The van der Waals surface area contributed by atoms with Gasteiger partial charge in [-0.2, -0.15) is 5.26 Å². The Morgan fingerprint density at radius 2 is 2.23 bits per heavy atom. The molecule has 5 nitrogen and oxygen atoms in total. The lowest BCUT2D eigenvalue weighted by Gasteiger charge is -2.47. The van der Waals surface area contributed by atoms with E-state index in [0.29, 0.717) is 17.7 Å². The van der Waals surface area contributed by atoms with E-state index in [-0.39, 0.29) is 16.8 Å². The van der Waals surface area contributed by atoms with Crippen LogP contribution in [0.2, 0.25) is 0 Å². The molecule has 1 atom stereocenters. The average molecular weight is 365 g/mol. The molecule has 1 aromatic heterocycles. The number of nitrogens with zero attached hydrogens (tertiary/aromatic N) is 3. The van der Waals surface area contributed by atoms with Crippen LogP contribution in [0.3, 0.4) is 0 Å². The van der Waals surface area contributed by atoms with Gasteiger partial charge in [0.2, 0.25) is 0 Å². The van der Waals surface area contributed by atoms with Gasteiger partial charge in [-0.05, 0) is 36.8 Å². The van der Waals surface area contributed by atoms with Crippen molar-refractivity contribution in [1.82, 2.24) is 9.88 Å². The first-order valence-corrected chi connectivity index (χ1v) is 9.61. The molecule has 4 rings (SSSR count). The van der Waals surface area contributed by atoms with Gasteiger partial charge >= 0.3 is 0 Å². The molecule has 2 saturated heterocycles. The van der Waals surface area contributed by atoms with Crippen molar-refractivity contribution in [2.24, 2.45) is 0 Å². The fourth-order valence-corrected chi connectivity index (χ4v) is 5.07. The number of thioether (sulfide) groups is 1. The normalized spacial score (nSPS) is 20.6. The average Bonchev–Trinajstić information content (AvgIpc) is 3.10. The van der Waals surface area contributed by atoms with Crippen LogP contribution >= 0.6 is 11.8 Å². The fourth-order valence-electron chi connectivity index (χ4n) is 3.51. The Bertz CT molecular complexity index is 844. The molecule has 0 unspecified atom stereocenters. The lowest BCUT2D eigenvalue weighted by Crippen LogP contribution is -2.60. The topological polar surface area (TPSA) is 66.2 Å². The molecule has 26 heavy (non-hydrogen) atoms. The maximum Gasteiger partial charge on any atom is 0.253 e. The maximum absolute atomic E-state index is 12.6. The number of nitriles is 1. The van der Waals surface area contributed by atoms with Gasteiger partial charge in [-0.1, -0.05) is 12.1 Å². The van der Waals surface area contributed by atoms with Crippen LogP contribution in [0.15, 0.2) is 48.7 Å². The van der Waals surface area contributed by atoms with Crippen LogP contribution in [0.5, 0.6) is 0 Å². The molecule has 6 heteroatoms. The lowest BCUT2D eigenvalue weighted by molar-refractivity contribution is 0.0245. The first kappa shape index (κ1) is 17.1. The minimum atomic E-state index is 0.00572. The number of rotatable bonds is 4. The number of amides is 1. The molecular weight excluding hydrogens is 346 g/mol. The molecule has 1 spiro atoms. The number of aromatic nitrogens is 1. The second kappa shape index (κ2) is 7.10. The van der Waals surface area contributed by atoms with Gasteiger partial charge in [0.25, 0.3) is 5.91 Å². The van der Waals surface area contributed by atoms with Gasteiger partial charge in [-0.15, -0.1) is 11.8 Å². The van der Waals surface area contributed by atoms with E-state index >= 15 is 0 Å². The smallest absolute Gasteiger partial charge is 0.253 e. The van der Waals surface area contributed by atoms with Crippen molar-refractivity contribution in [3.63, 3.8) is 0 Å². The third-order valence-electron chi connectivity index (χ3n) is 4.85. The molecule has 0 saturated carbocycles. The van der Waals surface area contributed by atoms with Crippen molar-refractivity contribution in [2.75, 3.05) is 18.8 Å². The summed E-state index contributed by atoms with van der Waals surface area (Å²) in [6, 6.07) is 14.8. The SMILES string of the molecule is N#Cc1cccc(C(=O)N2CC3(C[C@H](OCc4ccccn4)CS3)C2)c1. The van der Waals surface area contributed by atoms with Crippen LogP contribution in [-0.2, 0) is 11.3 Å². The Balaban J connectivity index is 1.30. The van der Waals surface area contributed by atoms with Gasteiger partial charge < -0.3 is 9.64 Å². The van der Waals surface area contributed by atoms with Gasteiger partial charge in [0.1, 0.15) is 0 Å². The summed E-state index contributed by atoms with van der Waals surface area (Å²) in [4.78, 5) is 18.7. The van der Waals surface area contributed by atoms with E-state index in [9.17, 15) is 4.79 Å². The van der Waals surface area contributed by atoms with Gasteiger partial charge in [-0.25, -0.2) is 0 Å². The number of carbonyl (C=O) groups excluding carboxylic acids is 1. The van der Waals surface area contributed by atoms with Crippen molar-refractivity contribution in [2.45, 2.75) is 23.9 Å². The van der Waals surface area contributed by atoms with E-state index in [0.717, 1.165) is 31.0 Å². The highest BCUT2D eigenvalue weighted by atomic mass is 32.2. The molecule has 0 N–H and O–H groups in total. The fraction of sp³-hybridized carbons (Fsp3) is 0.350. The summed E-state index contributed by atoms with van der Waals surface area (Å²) in [6.45, 7) is 2.03. The second-order valence-electron chi connectivity index (χ2n) is 6.81. The van der Waals surface area contributed by atoms with E-state index in [4.69, 9.17) is 10.00 Å². The molecule has 0 aliphatic carbocycles. The van der Waals surface area contributed by atoms with E-state index < -0.39 is 0 Å². The summed E-state index contributed by atoms with van der Waals surface area (Å²) in [7, 11) is 0. The molecule has 1 aromatic carbocycles. The Morgan fingerprint density at radius 1 is 1.35 bits per heavy atom. The number of ether oxygens (including phenoxy) is 1. The molecule has 2 aliphatic rings.